The number of aromatic nitrogens is 2. The first-order valence-electron chi connectivity index (χ1n) is 15.9. The Morgan fingerprint density at radius 3 is 1.83 bits per heavy atom. The summed E-state index contributed by atoms with van der Waals surface area (Å²) in [6, 6.07) is 58.2. The normalized spacial score (nSPS) is 12.3. The molecule has 2 nitrogen and oxygen atoms in total. The Morgan fingerprint density at radius 2 is 0.957 bits per heavy atom. The lowest BCUT2D eigenvalue weighted by molar-refractivity contribution is 1.16. The summed E-state index contributed by atoms with van der Waals surface area (Å²) in [5.74, 6) is 0. The highest BCUT2D eigenvalue weighted by molar-refractivity contribution is 6.28. The van der Waals surface area contributed by atoms with Crippen molar-refractivity contribution in [1.82, 2.24) is 9.13 Å². The van der Waals surface area contributed by atoms with E-state index in [4.69, 9.17) is 0 Å². The van der Waals surface area contributed by atoms with Gasteiger partial charge in [-0.2, -0.15) is 0 Å². The molecule has 2 heterocycles. The minimum absolute atomic E-state index is 1.17. The topological polar surface area (TPSA) is 9.86 Å². The van der Waals surface area contributed by atoms with Crippen LogP contribution in [0.2, 0.25) is 0 Å². The van der Waals surface area contributed by atoms with Crippen LogP contribution in [0.5, 0.6) is 0 Å². The summed E-state index contributed by atoms with van der Waals surface area (Å²) >= 11 is 0. The Labute approximate surface area is 265 Å². The second kappa shape index (κ2) is 8.74. The van der Waals surface area contributed by atoms with Crippen LogP contribution in [0.3, 0.4) is 0 Å². The summed E-state index contributed by atoms with van der Waals surface area (Å²) < 4.78 is 4.94. The minimum atomic E-state index is 1.17. The monoisotopic (exact) mass is 582 g/mol. The maximum absolute atomic E-state index is 2.52. The number of nitrogens with zero attached hydrogens (tertiary/aromatic N) is 2. The molecule has 0 N–H and O–H groups in total. The van der Waals surface area contributed by atoms with Crippen molar-refractivity contribution in [3.8, 4) is 33.6 Å². The van der Waals surface area contributed by atoms with Gasteiger partial charge in [0.1, 0.15) is 0 Å². The molecule has 0 aliphatic heterocycles. The summed E-state index contributed by atoms with van der Waals surface area (Å²) in [5.41, 5.74) is 12.6. The van der Waals surface area contributed by atoms with E-state index >= 15 is 0 Å². The first-order valence-corrected chi connectivity index (χ1v) is 15.9. The van der Waals surface area contributed by atoms with Crippen molar-refractivity contribution in [3.05, 3.63) is 158 Å². The largest absolute Gasteiger partial charge is 0.309 e. The molecule has 8 aromatic carbocycles. The zero-order valence-corrected chi connectivity index (χ0v) is 24.9. The van der Waals surface area contributed by atoms with Crippen LogP contribution in [0, 0.1) is 0 Å². The Kier molecular flexibility index (Phi) is 4.61. The third-order valence-corrected chi connectivity index (χ3v) is 10.2. The van der Waals surface area contributed by atoms with Crippen LogP contribution in [0.25, 0.3) is 98.8 Å². The van der Waals surface area contributed by atoms with Gasteiger partial charge in [0.2, 0.25) is 0 Å². The minimum Gasteiger partial charge on any atom is -0.309 e. The lowest BCUT2D eigenvalue weighted by atomic mass is 9.98. The first kappa shape index (κ1) is 24.2. The second-order valence-corrected chi connectivity index (χ2v) is 12.5. The molecule has 10 aromatic rings. The lowest BCUT2D eigenvalue weighted by Gasteiger charge is -2.13. The molecular formula is C44H26N2. The predicted molar refractivity (Wildman–Crippen MR) is 195 cm³/mol. The fourth-order valence-corrected chi connectivity index (χ4v) is 8.28. The fourth-order valence-electron chi connectivity index (χ4n) is 8.28. The quantitative estimate of drug-likeness (QED) is 0.192. The van der Waals surface area contributed by atoms with Crippen molar-refractivity contribution in [2.24, 2.45) is 0 Å². The van der Waals surface area contributed by atoms with Gasteiger partial charge >= 0.3 is 0 Å². The third kappa shape index (κ3) is 3.05. The van der Waals surface area contributed by atoms with Crippen molar-refractivity contribution in [2.45, 2.75) is 0 Å². The molecule has 0 amide bonds. The molecule has 0 unspecified atom stereocenters. The molecule has 2 heteroatoms. The number of benzene rings is 8. The third-order valence-electron chi connectivity index (χ3n) is 10.2. The highest BCUT2D eigenvalue weighted by atomic mass is 15.0. The molecule has 1 aliphatic carbocycles. The number of para-hydroxylation sites is 2. The maximum Gasteiger partial charge on any atom is 0.0620 e. The van der Waals surface area contributed by atoms with E-state index in [-0.39, 0.29) is 0 Å². The van der Waals surface area contributed by atoms with Gasteiger partial charge in [0, 0.05) is 38.3 Å². The van der Waals surface area contributed by atoms with E-state index in [9.17, 15) is 0 Å². The van der Waals surface area contributed by atoms with E-state index in [0.29, 0.717) is 0 Å². The van der Waals surface area contributed by atoms with Gasteiger partial charge in [-0.15, -0.1) is 0 Å². The van der Waals surface area contributed by atoms with Crippen LogP contribution in [0.15, 0.2) is 158 Å². The first-order chi connectivity index (χ1) is 22.8. The predicted octanol–water partition coefficient (Wildman–Crippen LogP) is 11.8. The summed E-state index contributed by atoms with van der Waals surface area (Å²) in [6.07, 6.45) is 0. The molecule has 46 heavy (non-hydrogen) atoms. The van der Waals surface area contributed by atoms with Gasteiger partial charge in [0.05, 0.1) is 22.1 Å². The molecule has 0 saturated carbocycles. The van der Waals surface area contributed by atoms with Gasteiger partial charge in [0.25, 0.3) is 0 Å². The van der Waals surface area contributed by atoms with E-state index in [1.54, 1.807) is 0 Å². The SMILES string of the molecule is c1ccc(-n2c3ccccc3c3ccc(-n4c5cc6ccccc6cc5c5cc6c7c(cccc7c54)-c4ccccc4-6)cc32)cc1. The number of hydrogen-bond donors (Lipinski definition) is 0. The fraction of sp³-hybridized carbons (Fsp3) is 0. The molecular weight excluding hydrogens is 556 g/mol. The molecule has 1 aliphatic rings. The van der Waals surface area contributed by atoms with E-state index in [2.05, 4.69) is 167 Å². The van der Waals surface area contributed by atoms with Crippen LogP contribution >= 0.6 is 0 Å². The highest BCUT2D eigenvalue weighted by Crippen LogP contribution is 2.51. The van der Waals surface area contributed by atoms with Crippen molar-refractivity contribution < 1.29 is 0 Å². The number of rotatable bonds is 2. The van der Waals surface area contributed by atoms with Crippen molar-refractivity contribution in [1.29, 1.82) is 0 Å². The van der Waals surface area contributed by atoms with Gasteiger partial charge < -0.3 is 9.13 Å². The van der Waals surface area contributed by atoms with E-state index in [1.807, 2.05) is 0 Å². The Morgan fingerprint density at radius 1 is 0.304 bits per heavy atom. The van der Waals surface area contributed by atoms with Crippen LogP contribution in [0.4, 0.5) is 0 Å². The van der Waals surface area contributed by atoms with Gasteiger partial charge in [-0.3, -0.25) is 0 Å². The van der Waals surface area contributed by atoms with E-state index < -0.39 is 0 Å². The van der Waals surface area contributed by atoms with Gasteiger partial charge in [0.15, 0.2) is 0 Å². The molecule has 0 radical (unpaired) electrons. The average molecular weight is 583 g/mol. The summed E-state index contributed by atoms with van der Waals surface area (Å²) in [6.45, 7) is 0. The van der Waals surface area contributed by atoms with Gasteiger partial charge in [-0.25, -0.2) is 0 Å². The van der Waals surface area contributed by atoms with Crippen LogP contribution in [-0.2, 0) is 0 Å². The summed E-state index contributed by atoms with van der Waals surface area (Å²) in [4.78, 5) is 0. The molecule has 0 spiro atoms. The van der Waals surface area contributed by atoms with Gasteiger partial charge in [-0.05, 0) is 86.9 Å². The molecule has 212 valence electrons. The zero-order chi connectivity index (χ0) is 29.9. The standard InChI is InChI=1S/C44H26N2/c1-2-13-29(14-3-1)45-40-20-9-8-17-33(40)34-22-21-30(25-42(34)45)46-41-24-28-12-5-4-11-27(28)23-37(41)39-26-38-32-16-7-6-15-31(32)35-18-10-19-36(43(35)38)44(39)46/h1-26H. The molecule has 0 atom stereocenters. The maximum atomic E-state index is 2.52. The molecule has 0 fully saturated rings. The molecule has 11 rings (SSSR count). The Balaban J connectivity index is 1.33. The Bertz CT molecular complexity index is 2900. The van der Waals surface area contributed by atoms with Crippen LogP contribution in [0.1, 0.15) is 0 Å². The zero-order valence-electron chi connectivity index (χ0n) is 24.9. The van der Waals surface area contributed by atoms with E-state index in [1.165, 1.54) is 98.8 Å². The van der Waals surface area contributed by atoms with Crippen LogP contribution in [-0.4, -0.2) is 9.13 Å². The van der Waals surface area contributed by atoms with Gasteiger partial charge in [-0.1, -0.05) is 109 Å². The Hall–Kier alpha value is -6.12. The second-order valence-electron chi connectivity index (χ2n) is 12.5. The van der Waals surface area contributed by atoms with Crippen molar-refractivity contribution in [3.63, 3.8) is 0 Å². The van der Waals surface area contributed by atoms with Crippen molar-refractivity contribution >= 4 is 65.2 Å². The number of fused-ring (bicyclic) bond motifs is 11. The summed E-state index contributed by atoms with van der Waals surface area (Å²) in [5, 5.41) is 10.3. The summed E-state index contributed by atoms with van der Waals surface area (Å²) in [7, 11) is 0. The van der Waals surface area contributed by atoms with Crippen LogP contribution < -0.4 is 0 Å². The highest BCUT2D eigenvalue weighted by Gasteiger charge is 2.26. The molecule has 2 aromatic heterocycles. The average Bonchev–Trinajstić information content (AvgIpc) is 3.74. The van der Waals surface area contributed by atoms with Crippen molar-refractivity contribution in [2.75, 3.05) is 0 Å². The lowest BCUT2D eigenvalue weighted by Crippen LogP contribution is -1.97. The molecule has 0 saturated heterocycles. The molecule has 0 bridgehead atoms. The van der Waals surface area contributed by atoms with E-state index in [0.717, 1.165) is 0 Å². The smallest absolute Gasteiger partial charge is 0.0620 e. The number of hydrogen-bond acceptors (Lipinski definition) is 0.